The molecule has 0 saturated carbocycles. The first-order valence-corrected chi connectivity index (χ1v) is 10.8. The van der Waals surface area contributed by atoms with Crippen molar-refractivity contribution in [3.8, 4) is 0 Å². The van der Waals surface area contributed by atoms with Crippen LogP contribution in [-0.2, 0) is 9.53 Å². The number of carbonyl (C=O) groups is 2. The summed E-state index contributed by atoms with van der Waals surface area (Å²) >= 11 is 1.61. The Morgan fingerprint density at radius 2 is 2.07 bits per heavy atom. The number of amides is 1. The van der Waals surface area contributed by atoms with Crippen LogP contribution >= 0.6 is 11.8 Å². The largest absolute Gasteiger partial charge is 0.467 e. The molecule has 1 N–H and O–H groups in total. The summed E-state index contributed by atoms with van der Waals surface area (Å²) in [5.41, 5.74) is 0.770. The smallest absolute Gasteiger partial charge is 0.328 e. The number of piperidine rings is 1. The van der Waals surface area contributed by atoms with Crippen LogP contribution in [0.4, 0.5) is 5.82 Å². The van der Waals surface area contributed by atoms with Crippen LogP contribution in [0.2, 0.25) is 0 Å². The lowest BCUT2D eigenvalue weighted by molar-refractivity contribution is -0.142. The molecular formula is C19H26N4O4S. The molecule has 0 unspecified atom stereocenters. The Hall–Kier alpha value is -2.29. The predicted molar refractivity (Wildman–Crippen MR) is 109 cm³/mol. The number of nitrogens with one attached hydrogen (secondary N) is 1. The lowest BCUT2D eigenvalue weighted by atomic mass is 10.1. The molecular weight excluding hydrogens is 380 g/mol. The first-order chi connectivity index (χ1) is 13.6. The maximum Gasteiger partial charge on any atom is 0.328 e. The van der Waals surface area contributed by atoms with Gasteiger partial charge in [-0.1, -0.05) is 0 Å². The number of aromatic nitrogens is 2. The van der Waals surface area contributed by atoms with E-state index in [2.05, 4.69) is 20.2 Å². The zero-order valence-corrected chi connectivity index (χ0v) is 17.3. The van der Waals surface area contributed by atoms with Crippen molar-refractivity contribution in [1.82, 2.24) is 15.3 Å². The molecule has 9 heteroatoms. The van der Waals surface area contributed by atoms with Crippen molar-refractivity contribution in [2.24, 2.45) is 0 Å². The van der Waals surface area contributed by atoms with Gasteiger partial charge in [0.05, 0.1) is 18.1 Å². The normalized spacial score (nSPS) is 15.5. The van der Waals surface area contributed by atoms with Crippen molar-refractivity contribution >= 4 is 40.6 Å². The number of hydrogen-bond acceptors (Lipinski definition) is 8. The van der Waals surface area contributed by atoms with E-state index >= 15 is 0 Å². The average Bonchev–Trinajstić information content (AvgIpc) is 3.06. The molecule has 0 bridgehead atoms. The van der Waals surface area contributed by atoms with E-state index in [1.807, 2.05) is 6.26 Å². The molecule has 152 valence electrons. The van der Waals surface area contributed by atoms with Gasteiger partial charge >= 0.3 is 5.97 Å². The molecule has 2 aromatic rings. The van der Waals surface area contributed by atoms with E-state index < -0.39 is 12.0 Å². The van der Waals surface area contributed by atoms with Crippen molar-refractivity contribution in [3.05, 3.63) is 17.7 Å². The molecule has 3 rings (SSSR count). The fraction of sp³-hybridized carbons (Fsp3) is 0.579. The van der Waals surface area contributed by atoms with Crippen molar-refractivity contribution < 1.29 is 18.7 Å². The SMILES string of the molecule is COC(=O)[C@H](CCSC)NC(=O)c1c(C)oc2ncnc(N3CCCCC3)c12. The molecule has 0 aromatic carbocycles. The van der Waals surface area contributed by atoms with Gasteiger partial charge in [-0.3, -0.25) is 4.79 Å². The first-order valence-electron chi connectivity index (χ1n) is 9.43. The van der Waals surface area contributed by atoms with Crippen LogP contribution in [0.15, 0.2) is 10.7 Å². The quantitative estimate of drug-likeness (QED) is 0.701. The van der Waals surface area contributed by atoms with E-state index in [1.165, 1.54) is 19.9 Å². The molecule has 0 spiro atoms. The number of fused-ring (bicyclic) bond motifs is 1. The molecule has 28 heavy (non-hydrogen) atoms. The summed E-state index contributed by atoms with van der Waals surface area (Å²) in [6.45, 7) is 3.50. The van der Waals surface area contributed by atoms with E-state index in [9.17, 15) is 9.59 Å². The second-order valence-electron chi connectivity index (χ2n) is 6.79. The van der Waals surface area contributed by atoms with E-state index in [4.69, 9.17) is 9.15 Å². The predicted octanol–water partition coefficient (Wildman–Crippen LogP) is 2.55. The van der Waals surface area contributed by atoms with Crippen molar-refractivity contribution in [3.63, 3.8) is 0 Å². The molecule has 0 radical (unpaired) electrons. The summed E-state index contributed by atoms with van der Waals surface area (Å²) in [5.74, 6) is 1.07. The third-order valence-corrected chi connectivity index (χ3v) is 5.57. The first kappa shape index (κ1) is 20.4. The van der Waals surface area contributed by atoms with Gasteiger partial charge in [-0.25, -0.2) is 14.8 Å². The van der Waals surface area contributed by atoms with Crippen LogP contribution in [0, 0.1) is 6.92 Å². The van der Waals surface area contributed by atoms with Gasteiger partial charge in [0.25, 0.3) is 5.91 Å². The van der Waals surface area contributed by atoms with Crippen LogP contribution in [-0.4, -0.2) is 60.1 Å². The Kier molecular flexibility index (Phi) is 6.77. The van der Waals surface area contributed by atoms with Gasteiger partial charge < -0.3 is 19.4 Å². The van der Waals surface area contributed by atoms with Gasteiger partial charge in [0.1, 0.15) is 23.9 Å². The van der Waals surface area contributed by atoms with E-state index in [0.717, 1.165) is 31.7 Å². The van der Waals surface area contributed by atoms with Gasteiger partial charge in [-0.05, 0) is 44.6 Å². The van der Waals surface area contributed by atoms with Crippen LogP contribution in [0.25, 0.3) is 11.1 Å². The highest BCUT2D eigenvalue weighted by Gasteiger charge is 2.29. The number of aryl methyl sites for hydroxylation is 1. The highest BCUT2D eigenvalue weighted by atomic mass is 32.2. The Bertz CT molecular complexity index is 848. The Morgan fingerprint density at radius 1 is 1.32 bits per heavy atom. The van der Waals surface area contributed by atoms with Gasteiger partial charge in [-0.15, -0.1) is 0 Å². The standard InChI is InChI=1S/C19H26N4O4S/c1-12-14(17(24)22-13(7-10-28-3)19(25)26-2)15-16(20-11-21-18(15)27-12)23-8-5-4-6-9-23/h11,13H,4-10H2,1-3H3,(H,22,24)/t13-/m0/s1. The van der Waals surface area contributed by atoms with Crippen LogP contribution in [0.3, 0.4) is 0 Å². The summed E-state index contributed by atoms with van der Waals surface area (Å²) in [6, 6.07) is -0.711. The fourth-order valence-electron chi connectivity index (χ4n) is 3.51. The van der Waals surface area contributed by atoms with Crippen molar-refractivity contribution in [2.75, 3.05) is 37.1 Å². The van der Waals surface area contributed by atoms with Crippen LogP contribution in [0.5, 0.6) is 0 Å². The Morgan fingerprint density at radius 3 is 2.75 bits per heavy atom. The van der Waals surface area contributed by atoms with Crippen LogP contribution < -0.4 is 10.2 Å². The number of thioether (sulfide) groups is 1. The Balaban J connectivity index is 1.95. The number of anilines is 1. The third-order valence-electron chi connectivity index (χ3n) is 4.93. The minimum absolute atomic E-state index is 0.374. The number of carbonyl (C=O) groups excluding carboxylic acids is 2. The molecule has 1 amide bonds. The van der Waals surface area contributed by atoms with Gasteiger partial charge in [-0.2, -0.15) is 11.8 Å². The summed E-state index contributed by atoms with van der Waals surface area (Å²) in [6.07, 6.45) is 7.27. The summed E-state index contributed by atoms with van der Waals surface area (Å²) in [7, 11) is 1.32. The second-order valence-corrected chi connectivity index (χ2v) is 7.77. The fourth-order valence-corrected chi connectivity index (χ4v) is 3.98. The maximum absolute atomic E-state index is 13.1. The lowest BCUT2D eigenvalue weighted by Gasteiger charge is -2.28. The molecule has 2 aromatic heterocycles. The van der Waals surface area contributed by atoms with E-state index in [0.29, 0.717) is 34.7 Å². The van der Waals surface area contributed by atoms with Crippen molar-refractivity contribution in [2.45, 2.75) is 38.6 Å². The molecule has 1 aliphatic heterocycles. The zero-order chi connectivity index (χ0) is 20.1. The molecule has 3 heterocycles. The lowest BCUT2D eigenvalue weighted by Crippen LogP contribution is -2.42. The molecule has 0 aliphatic carbocycles. The van der Waals surface area contributed by atoms with E-state index in [1.54, 1.807) is 18.7 Å². The summed E-state index contributed by atoms with van der Waals surface area (Å²) < 4.78 is 10.6. The third kappa shape index (κ3) is 4.24. The van der Waals surface area contributed by atoms with E-state index in [-0.39, 0.29) is 5.91 Å². The number of furan rings is 1. The van der Waals surface area contributed by atoms with Gasteiger partial charge in [0.2, 0.25) is 5.71 Å². The highest BCUT2D eigenvalue weighted by Crippen LogP contribution is 2.32. The summed E-state index contributed by atoms with van der Waals surface area (Å²) in [5, 5.41) is 3.41. The van der Waals surface area contributed by atoms with Gasteiger partial charge in [0.15, 0.2) is 0 Å². The number of rotatable bonds is 7. The molecule has 8 nitrogen and oxygen atoms in total. The number of hydrogen-bond donors (Lipinski definition) is 1. The maximum atomic E-state index is 13.1. The monoisotopic (exact) mass is 406 g/mol. The average molecular weight is 407 g/mol. The number of esters is 1. The second kappa shape index (κ2) is 9.27. The molecule has 1 saturated heterocycles. The minimum Gasteiger partial charge on any atom is -0.467 e. The number of nitrogens with zero attached hydrogens (tertiary/aromatic N) is 3. The number of methoxy groups -OCH3 is 1. The highest BCUT2D eigenvalue weighted by molar-refractivity contribution is 7.98. The topological polar surface area (TPSA) is 97.6 Å². The number of ether oxygens (including phenoxy) is 1. The van der Waals surface area contributed by atoms with Crippen molar-refractivity contribution in [1.29, 1.82) is 0 Å². The zero-order valence-electron chi connectivity index (χ0n) is 16.5. The van der Waals surface area contributed by atoms with Crippen LogP contribution in [0.1, 0.15) is 41.8 Å². The summed E-state index contributed by atoms with van der Waals surface area (Å²) in [4.78, 5) is 36.0. The van der Waals surface area contributed by atoms with Gasteiger partial charge in [0, 0.05) is 13.1 Å². The molecule has 1 aliphatic rings. The Labute approximate surface area is 168 Å². The molecule has 1 atom stereocenters. The minimum atomic E-state index is -0.711. The molecule has 1 fully saturated rings.